The van der Waals surface area contributed by atoms with Gasteiger partial charge in [-0.1, -0.05) is 13.0 Å². The second-order valence-electron chi connectivity index (χ2n) is 4.39. The van der Waals surface area contributed by atoms with Gasteiger partial charge in [0.25, 0.3) is 0 Å². The summed E-state index contributed by atoms with van der Waals surface area (Å²) in [7, 11) is 0. The van der Waals surface area contributed by atoms with Crippen molar-refractivity contribution in [1.82, 2.24) is 9.97 Å². The second kappa shape index (κ2) is 8.21. The summed E-state index contributed by atoms with van der Waals surface area (Å²) in [5.41, 5.74) is 2.18. The van der Waals surface area contributed by atoms with Crippen LogP contribution in [0, 0.1) is 6.92 Å². The number of esters is 1. The first-order chi connectivity index (χ1) is 9.69. The Hall–Kier alpha value is -2.14. The molecule has 0 spiro atoms. The molecule has 112 valence electrons. The van der Waals surface area contributed by atoms with Crippen molar-refractivity contribution in [1.29, 1.82) is 0 Å². The zero-order chi connectivity index (χ0) is 14.4. The molecule has 0 aliphatic carbocycles. The number of ether oxygens (including phenoxy) is 1. The van der Waals surface area contributed by atoms with Gasteiger partial charge in [0.1, 0.15) is 12.1 Å². The predicted molar refractivity (Wildman–Crippen MR) is 84.3 cm³/mol. The molecule has 0 amide bonds. The topological polar surface area (TPSA) is 64.1 Å². The van der Waals surface area contributed by atoms with E-state index >= 15 is 0 Å². The summed E-state index contributed by atoms with van der Waals surface area (Å²) < 4.78 is 5.11. The number of carbonyl (C=O) groups excluding carboxylic acids is 1. The van der Waals surface area contributed by atoms with E-state index in [-0.39, 0.29) is 18.4 Å². The molecule has 6 heteroatoms. The smallest absolute Gasteiger partial charge is 0.338 e. The van der Waals surface area contributed by atoms with E-state index in [0.717, 1.165) is 17.8 Å². The van der Waals surface area contributed by atoms with Crippen molar-refractivity contribution in [2.45, 2.75) is 20.3 Å². The minimum atomic E-state index is -0.311. The van der Waals surface area contributed by atoms with Gasteiger partial charge in [0, 0.05) is 17.4 Å². The van der Waals surface area contributed by atoms with E-state index in [2.05, 4.69) is 15.3 Å². The van der Waals surface area contributed by atoms with Crippen LogP contribution < -0.4 is 5.32 Å². The summed E-state index contributed by atoms with van der Waals surface area (Å²) in [5, 5.41) is 3.14. The van der Waals surface area contributed by atoms with E-state index in [1.165, 1.54) is 6.33 Å². The van der Waals surface area contributed by atoms with Crippen LogP contribution in [-0.2, 0) is 4.74 Å². The Morgan fingerprint density at radius 3 is 2.81 bits per heavy atom. The summed E-state index contributed by atoms with van der Waals surface area (Å²) in [6.45, 7) is 4.29. The molecule has 0 radical (unpaired) electrons. The average Bonchev–Trinajstić information content (AvgIpc) is 2.45. The van der Waals surface area contributed by atoms with Crippen LogP contribution in [0.1, 0.15) is 29.4 Å². The summed E-state index contributed by atoms with van der Waals surface area (Å²) in [5.74, 6) is 0.381. The Morgan fingerprint density at radius 2 is 2.10 bits per heavy atom. The zero-order valence-corrected chi connectivity index (χ0v) is 12.8. The molecule has 1 heterocycles. The van der Waals surface area contributed by atoms with Crippen molar-refractivity contribution in [3.8, 4) is 0 Å². The maximum atomic E-state index is 11.8. The Bertz CT molecular complexity index is 605. The van der Waals surface area contributed by atoms with E-state index in [9.17, 15) is 4.79 Å². The molecule has 21 heavy (non-hydrogen) atoms. The monoisotopic (exact) mass is 307 g/mol. The minimum Gasteiger partial charge on any atom is -0.462 e. The molecular weight excluding hydrogens is 290 g/mol. The van der Waals surface area contributed by atoms with Crippen molar-refractivity contribution >= 4 is 29.9 Å². The average molecular weight is 308 g/mol. The summed E-state index contributed by atoms with van der Waals surface area (Å²) in [4.78, 5) is 19.9. The van der Waals surface area contributed by atoms with Crippen molar-refractivity contribution < 1.29 is 9.53 Å². The molecule has 0 fully saturated rings. The van der Waals surface area contributed by atoms with Gasteiger partial charge in [-0.15, -0.1) is 12.4 Å². The van der Waals surface area contributed by atoms with Gasteiger partial charge < -0.3 is 10.1 Å². The van der Waals surface area contributed by atoms with Crippen molar-refractivity contribution in [3.63, 3.8) is 0 Å². The quantitative estimate of drug-likeness (QED) is 0.856. The van der Waals surface area contributed by atoms with E-state index in [1.54, 1.807) is 18.2 Å². The third-order valence-electron chi connectivity index (χ3n) is 2.61. The summed E-state index contributed by atoms with van der Waals surface area (Å²) in [6.07, 6.45) is 2.31. The van der Waals surface area contributed by atoms with E-state index < -0.39 is 0 Å². The molecular formula is C15H18ClN3O2. The maximum absolute atomic E-state index is 11.8. The molecule has 0 unspecified atom stereocenters. The number of hydrogen-bond donors (Lipinski definition) is 1. The molecule has 1 aromatic carbocycles. The molecule has 0 aliphatic rings. The Balaban J connectivity index is 0.00000220. The standard InChI is InChI=1S/C15H17N3O2.ClH/c1-3-7-20-15(19)12-5-4-6-13(9-12)18-14-8-11(2)16-10-17-14;/h4-6,8-10H,3,7H2,1-2H3,(H,16,17,18);1H. The van der Waals surface area contributed by atoms with Gasteiger partial charge in [-0.05, 0) is 31.5 Å². The molecule has 2 aromatic rings. The lowest BCUT2D eigenvalue weighted by Gasteiger charge is -2.08. The predicted octanol–water partition coefficient (Wildman–Crippen LogP) is 3.52. The number of rotatable bonds is 5. The lowest BCUT2D eigenvalue weighted by Crippen LogP contribution is -2.06. The van der Waals surface area contributed by atoms with Gasteiger partial charge in [0.15, 0.2) is 0 Å². The number of nitrogens with zero attached hydrogens (tertiary/aromatic N) is 2. The van der Waals surface area contributed by atoms with Crippen molar-refractivity contribution in [2.75, 3.05) is 11.9 Å². The molecule has 0 bridgehead atoms. The third-order valence-corrected chi connectivity index (χ3v) is 2.61. The largest absolute Gasteiger partial charge is 0.462 e. The van der Waals surface area contributed by atoms with Crippen LogP contribution in [0.15, 0.2) is 36.7 Å². The van der Waals surface area contributed by atoms with Crippen LogP contribution in [0.2, 0.25) is 0 Å². The number of aromatic nitrogens is 2. The highest BCUT2D eigenvalue weighted by atomic mass is 35.5. The van der Waals surface area contributed by atoms with Gasteiger partial charge >= 0.3 is 5.97 Å². The fraction of sp³-hybridized carbons (Fsp3) is 0.267. The number of halogens is 1. The molecule has 2 rings (SSSR count). The van der Waals surface area contributed by atoms with Crippen molar-refractivity contribution in [3.05, 3.63) is 47.9 Å². The van der Waals surface area contributed by atoms with E-state index in [1.807, 2.05) is 26.0 Å². The molecule has 1 N–H and O–H groups in total. The molecule has 0 saturated heterocycles. The summed E-state index contributed by atoms with van der Waals surface area (Å²) >= 11 is 0. The van der Waals surface area contributed by atoms with E-state index in [4.69, 9.17) is 4.74 Å². The molecule has 0 atom stereocenters. The van der Waals surface area contributed by atoms with Gasteiger partial charge in [-0.2, -0.15) is 0 Å². The third kappa shape index (κ3) is 5.04. The Labute approximate surface area is 130 Å². The van der Waals surface area contributed by atoms with E-state index in [0.29, 0.717) is 18.0 Å². The zero-order valence-electron chi connectivity index (χ0n) is 12.0. The lowest BCUT2D eigenvalue weighted by molar-refractivity contribution is 0.0505. The van der Waals surface area contributed by atoms with Crippen LogP contribution in [-0.4, -0.2) is 22.5 Å². The van der Waals surface area contributed by atoms with Gasteiger partial charge in [-0.3, -0.25) is 0 Å². The highest BCUT2D eigenvalue weighted by Crippen LogP contribution is 2.16. The SMILES string of the molecule is CCCOC(=O)c1cccc(Nc2cc(C)ncn2)c1.Cl. The molecule has 0 saturated carbocycles. The van der Waals surface area contributed by atoms with Gasteiger partial charge in [0.2, 0.25) is 0 Å². The van der Waals surface area contributed by atoms with Crippen LogP contribution >= 0.6 is 12.4 Å². The first kappa shape index (κ1) is 16.9. The highest BCUT2D eigenvalue weighted by molar-refractivity contribution is 5.90. The minimum absolute atomic E-state index is 0. The van der Waals surface area contributed by atoms with Crippen molar-refractivity contribution in [2.24, 2.45) is 0 Å². The first-order valence-electron chi connectivity index (χ1n) is 6.52. The first-order valence-corrected chi connectivity index (χ1v) is 6.52. The second-order valence-corrected chi connectivity index (χ2v) is 4.39. The summed E-state index contributed by atoms with van der Waals surface area (Å²) in [6, 6.07) is 8.98. The number of benzene rings is 1. The van der Waals surface area contributed by atoms with Crippen LogP contribution in [0.3, 0.4) is 0 Å². The molecule has 1 aromatic heterocycles. The maximum Gasteiger partial charge on any atom is 0.338 e. The number of carbonyl (C=O) groups is 1. The van der Waals surface area contributed by atoms with Crippen LogP contribution in [0.4, 0.5) is 11.5 Å². The van der Waals surface area contributed by atoms with Gasteiger partial charge in [0.05, 0.1) is 12.2 Å². The normalized spacial score (nSPS) is 9.62. The lowest BCUT2D eigenvalue weighted by atomic mass is 10.2. The fourth-order valence-corrected chi connectivity index (χ4v) is 1.67. The number of aryl methyl sites for hydroxylation is 1. The molecule has 5 nitrogen and oxygen atoms in total. The number of hydrogen-bond acceptors (Lipinski definition) is 5. The van der Waals surface area contributed by atoms with Crippen LogP contribution in [0.25, 0.3) is 0 Å². The Kier molecular flexibility index (Phi) is 6.62. The number of nitrogens with one attached hydrogen (secondary N) is 1. The number of anilines is 2. The van der Waals surface area contributed by atoms with Crippen LogP contribution in [0.5, 0.6) is 0 Å². The Morgan fingerprint density at radius 1 is 1.29 bits per heavy atom. The van der Waals surface area contributed by atoms with Gasteiger partial charge in [-0.25, -0.2) is 14.8 Å². The highest BCUT2D eigenvalue weighted by Gasteiger charge is 2.07. The molecule has 0 aliphatic heterocycles. The fourth-order valence-electron chi connectivity index (χ4n) is 1.67.